The predicted molar refractivity (Wildman–Crippen MR) is 102 cm³/mol. The van der Waals surface area contributed by atoms with Gasteiger partial charge in [0.1, 0.15) is 5.75 Å². The van der Waals surface area contributed by atoms with Gasteiger partial charge in [-0.2, -0.15) is 0 Å². The van der Waals surface area contributed by atoms with Gasteiger partial charge in [0.2, 0.25) is 0 Å². The summed E-state index contributed by atoms with van der Waals surface area (Å²) in [5.74, 6) is 0.659. The van der Waals surface area contributed by atoms with Crippen LogP contribution in [0.2, 0.25) is 0 Å². The van der Waals surface area contributed by atoms with Gasteiger partial charge < -0.3 is 26.3 Å². The van der Waals surface area contributed by atoms with Crippen LogP contribution in [0.15, 0.2) is 42.5 Å². The molecule has 138 valence electrons. The van der Waals surface area contributed by atoms with Crippen LogP contribution in [0.3, 0.4) is 0 Å². The number of hydrogen-bond acceptors (Lipinski definition) is 6. The topological polar surface area (TPSA) is 99.6 Å². The fourth-order valence-electron chi connectivity index (χ4n) is 2.89. The van der Waals surface area contributed by atoms with Gasteiger partial charge in [0.15, 0.2) is 5.78 Å². The molecule has 1 aliphatic heterocycles. The molecule has 0 amide bonds. The van der Waals surface area contributed by atoms with E-state index in [1.165, 1.54) is 0 Å². The lowest BCUT2D eigenvalue weighted by Gasteiger charge is -2.23. The Balaban J connectivity index is 1.49. The molecule has 2 aromatic rings. The van der Waals surface area contributed by atoms with E-state index in [4.69, 9.17) is 20.9 Å². The molecule has 3 rings (SSSR count). The number of carbonyl (C=O) groups excluding carboxylic acids is 1. The van der Waals surface area contributed by atoms with Crippen molar-refractivity contribution in [2.75, 3.05) is 37.8 Å². The highest BCUT2D eigenvalue weighted by Gasteiger charge is 2.13. The number of hydrogen-bond donors (Lipinski definition) is 3. The maximum atomic E-state index is 12.5. The molecule has 1 heterocycles. The van der Waals surface area contributed by atoms with E-state index in [0.717, 1.165) is 38.3 Å². The monoisotopic (exact) mass is 355 g/mol. The van der Waals surface area contributed by atoms with E-state index in [1.54, 1.807) is 30.3 Å². The lowest BCUT2D eigenvalue weighted by molar-refractivity contribution is 0.0204. The van der Waals surface area contributed by atoms with Crippen molar-refractivity contribution in [3.63, 3.8) is 0 Å². The zero-order chi connectivity index (χ0) is 18.4. The Hall–Kier alpha value is -2.57. The predicted octanol–water partition coefficient (Wildman–Crippen LogP) is 2.23. The largest absolute Gasteiger partial charge is 0.494 e. The van der Waals surface area contributed by atoms with E-state index in [-0.39, 0.29) is 11.9 Å². The minimum atomic E-state index is -0.0924. The lowest BCUT2D eigenvalue weighted by atomic mass is 10.0. The molecule has 1 saturated heterocycles. The Labute approximate surface area is 153 Å². The lowest BCUT2D eigenvalue weighted by Crippen LogP contribution is -2.38. The van der Waals surface area contributed by atoms with Crippen LogP contribution in [0.1, 0.15) is 28.8 Å². The third-order valence-electron chi connectivity index (χ3n) is 4.41. The molecule has 0 saturated carbocycles. The van der Waals surface area contributed by atoms with Gasteiger partial charge in [-0.15, -0.1) is 0 Å². The quantitative estimate of drug-likeness (QED) is 0.400. The van der Waals surface area contributed by atoms with E-state index in [2.05, 4.69) is 5.32 Å². The number of morpholine rings is 1. The second-order valence-electron chi connectivity index (χ2n) is 6.38. The van der Waals surface area contributed by atoms with Crippen LogP contribution in [0.4, 0.5) is 11.4 Å². The van der Waals surface area contributed by atoms with Crippen molar-refractivity contribution in [1.29, 1.82) is 0 Å². The van der Waals surface area contributed by atoms with Gasteiger partial charge in [0.05, 0.1) is 30.7 Å². The molecule has 6 heteroatoms. The average Bonchev–Trinajstić information content (AvgIpc) is 2.68. The van der Waals surface area contributed by atoms with Crippen molar-refractivity contribution in [2.45, 2.75) is 18.9 Å². The highest BCUT2D eigenvalue weighted by molar-refractivity contribution is 6.09. The van der Waals surface area contributed by atoms with Gasteiger partial charge in [0.25, 0.3) is 0 Å². The minimum Gasteiger partial charge on any atom is -0.494 e. The van der Waals surface area contributed by atoms with Gasteiger partial charge in [-0.3, -0.25) is 4.79 Å². The van der Waals surface area contributed by atoms with Crippen LogP contribution >= 0.6 is 0 Å². The van der Waals surface area contributed by atoms with Gasteiger partial charge in [-0.05, 0) is 55.3 Å². The summed E-state index contributed by atoms with van der Waals surface area (Å²) in [7, 11) is 0. The van der Waals surface area contributed by atoms with E-state index in [1.807, 2.05) is 12.1 Å². The molecule has 0 aromatic heterocycles. The Morgan fingerprint density at radius 1 is 1.12 bits per heavy atom. The van der Waals surface area contributed by atoms with Crippen molar-refractivity contribution >= 4 is 17.2 Å². The third-order valence-corrected chi connectivity index (χ3v) is 4.41. The smallest absolute Gasteiger partial charge is 0.193 e. The standard InChI is InChI=1S/C20H25N3O3/c21-18-8-5-15(12-19(18)22)20(24)14-3-6-16(7-4-14)25-10-1-2-17-13-23-9-11-26-17/h3-8,12,17,23H,1-2,9-11,13,21-22H2. The first-order valence-electron chi connectivity index (χ1n) is 8.88. The average molecular weight is 355 g/mol. The number of ketones is 1. The summed E-state index contributed by atoms with van der Waals surface area (Å²) in [4.78, 5) is 12.5. The van der Waals surface area contributed by atoms with Crippen LogP contribution in [0.5, 0.6) is 5.75 Å². The van der Waals surface area contributed by atoms with Crippen molar-refractivity contribution in [1.82, 2.24) is 5.32 Å². The van der Waals surface area contributed by atoms with Crippen LogP contribution < -0.4 is 21.5 Å². The summed E-state index contributed by atoms with van der Waals surface area (Å²) in [5.41, 5.74) is 13.4. The molecule has 2 aromatic carbocycles. The fourth-order valence-corrected chi connectivity index (χ4v) is 2.89. The number of nitrogen functional groups attached to an aromatic ring is 2. The molecule has 1 unspecified atom stereocenters. The second-order valence-corrected chi connectivity index (χ2v) is 6.38. The Morgan fingerprint density at radius 2 is 1.88 bits per heavy atom. The first kappa shape index (κ1) is 18.2. The maximum Gasteiger partial charge on any atom is 0.193 e. The minimum absolute atomic E-state index is 0.0924. The van der Waals surface area contributed by atoms with Crippen molar-refractivity contribution in [2.24, 2.45) is 0 Å². The fraction of sp³-hybridized carbons (Fsp3) is 0.350. The molecule has 26 heavy (non-hydrogen) atoms. The molecule has 5 N–H and O–H groups in total. The Kier molecular flexibility index (Phi) is 6.09. The first-order valence-corrected chi connectivity index (χ1v) is 8.88. The number of nitrogens with two attached hydrogens (primary N) is 2. The molecule has 6 nitrogen and oxygen atoms in total. The molecule has 0 spiro atoms. The van der Waals surface area contributed by atoms with Crippen molar-refractivity contribution in [3.05, 3.63) is 53.6 Å². The highest BCUT2D eigenvalue weighted by Crippen LogP contribution is 2.20. The zero-order valence-electron chi connectivity index (χ0n) is 14.7. The Bertz CT molecular complexity index is 740. The van der Waals surface area contributed by atoms with Crippen LogP contribution in [0.25, 0.3) is 0 Å². The first-order chi connectivity index (χ1) is 12.6. The molecule has 0 bridgehead atoms. The number of carbonyl (C=O) groups is 1. The number of benzene rings is 2. The third kappa shape index (κ3) is 4.74. The van der Waals surface area contributed by atoms with Gasteiger partial charge >= 0.3 is 0 Å². The second kappa shape index (κ2) is 8.69. The molecule has 1 atom stereocenters. The van der Waals surface area contributed by atoms with Gasteiger partial charge in [0, 0.05) is 24.2 Å². The molecule has 1 fully saturated rings. The summed E-state index contributed by atoms with van der Waals surface area (Å²) >= 11 is 0. The SMILES string of the molecule is Nc1ccc(C(=O)c2ccc(OCCCC3CNCCO3)cc2)cc1N. The highest BCUT2D eigenvalue weighted by atomic mass is 16.5. The van der Waals surface area contributed by atoms with Crippen molar-refractivity contribution < 1.29 is 14.3 Å². The number of nitrogens with one attached hydrogen (secondary N) is 1. The zero-order valence-corrected chi connectivity index (χ0v) is 14.7. The maximum absolute atomic E-state index is 12.5. The van der Waals surface area contributed by atoms with Crippen LogP contribution in [0, 0.1) is 0 Å². The van der Waals surface area contributed by atoms with E-state index < -0.39 is 0 Å². The normalized spacial score (nSPS) is 17.0. The number of anilines is 2. The molecular formula is C20H25N3O3. The van der Waals surface area contributed by atoms with Crippen LogP contribution in [-0.4, -0.2) is 38.2 Å². The molecule has 0 radical (unpaired) electrons. The molecular weight excluding hydrogens is 330 g/mol. The van der Waals surface area contributed by atoms with Crippen LogP contribution in [-0.2, 0) is 4.74 Å². The number of rotatable bonds is 7. The summed E-state index contributed by atoms with van der Waals surface area (Å²) in [6, 6.07) is 12.1. The van der Waals surface area contributed by atoms with Crippen molar-refractivity contribution in [3.8, 4) is 5.75 Å². The number of ether oxygens (including phenoxy) is 2. The van der Waals surface area contributed by atoms with Gasteiger partial charge in [-0.1, -0.05) is 0 Å². The summed E-state index contributed by atoms with van der Waals surface area (Å²) in [6.07, 6.45) is 2.18. The van der Waals surface area contributed by atoms with Gasteiger partial charge in [-0.25, -0.2) is 0 Å². The van der Waals surface area contributed by atoms with E-state index in [9.17, 15) is 4.79 Å². The summed E-state index contributed by atoms with van der Waals surface area (Å²) in [5, 5.41) is 3.32. The Morgan fingerprint density at radius 3 is 2.58 bits per heavy atom. The molecule has 0 aliphatic carbocycles. The summed E-state index contributed by atoms with van der Waals surface area (Å²) < 4.78 is 11.4. The summed E-state index contributed by atoms with van der Waals surface area (Å²) in [6.45, 7) is 3.25. The molecule has 1 aliphatic rings. The van der Waals surface area contributed by atoms with E-state index in [0.29, 0.717) is 29.1 Å². The van der Waals surface area contributed by atoms with E-state index >= 15 is 0 Å².